The largest absolute Gasteiger partial charge is 0.491 e. The van der Waals surface area contributed by atoms with E-state index < -0.39 is 0 Å². The molecule has 0 fully saturated rings. The first kappa shape index (κ1) is 40.4. The molecule has 3 aromatic carbocycles. The quantitative estimate of drug-likeness (QED) is 0.0816. The van der Waals surface area contributed by atoms with Crippen LogP contribution < -0.4 is 10.1 Å². The summed E-state index contributed by atoms with van der Waals surface area (Å²) in [7, 11) is 0. The predicted molar refractivity (Wildman–Crippen MR) is 208 cm³/mol. The molecule has 0 saturated heterocycles. The summed E-state index contributed by atoms with van der Waals surface area (Å²) in [4.78, 5) is 41.9. The normalized spacial score (nSPS) is 12.1. The number of hydrogen-bond donors (Lipinski definition) is 1. The van der Waals surface area contributed by atoms with E-state index in [1.165, 1.54) is 5.56 Å². The van der Waals surface area contributed by atoms with Crippen LogP contribution in [0.25, 0.3) is 21.9 Å². The third kappa shape index (κ3) is 14.0. The Balaban J connectivity index is 1.27. The molecule has 0 unspecified atom stereocenters. The van der Waals surface area contributed by atoms with E-state index >= 15 is 0 Å². The second kappa shape index (κ2) is 20.6. The van der Waals surface area contributed by atoms with Gasteiger partial charge in [-0.15, -0.1) is 0 Å². The van der Waals surface area contributed by atoms with Crippen LogP contribution in [0, 0.1) is 12.3 Å². The van der Waals surface area contributed by atoms with Crippen LogP contribution in [0.1, 0.15) is 89.0 Å². The number of amides is 1. The van der Waals surface area contributed by atoms with Crippen LogP contribution in [0.4, 0.5) is 0 Å². The number of ketones is 2. The van der Waals surface area contributed by atoms with Gasteiger partial charge in [0.2, 0.25) is 5.91 Å². The van der Waals surface area contributed by atoms with Gasteiger partial charge in [0.05, 0.1) is 26.4 Å². The second-order valence-corrected chi connectivity index (χ2v) is 14.8. The third-order valence-corrected chi connectivity index (χ3v) is 8.98. The Morgan fingerprint density at radius 2 is 1.52 bits per heavy atom. The third-order valence-electron chi connectivity index (χ3n) is 8.98. The number of carbonyl (C=O) groups excluding carboxylic acids is 3. The van der Waals surface area contributed by atoms with Gasteiger partial charge in [0.25, 0.3) is 0 Å². The number of aromatic nitrogens is 1. The molecule has 8 heteroatoms. The van der Waals surface area contributed by atoms with Crippen molar-refractivity contribution in [3.63, 3.8) is 0 Å². The van der Waals surface area contributed by atoms with Crippen molar-refractivity contribution in [1.82, 2.24) is 10.3 Å². The van der Waals surface area contributed by atoms with Gasteiger partial charge in [-0.25, -0.2) is 0 Å². The van der Waals surface area contributed by atoms with Gasteiger partial charge in [0, 0.05) is 43.1 Å². The van der Waals surface area contributed by atoms with Crippen molar-refractivity contribution in [1.29, 1.82) is 0 Å². The van der Waals surface area contributed by atoms with Crippen LogP contribution in [0.2, 0.25) is 0 Å². The topological polar surface area (TPSA) is 104 Å². The van der Waals surface area contributed by atoms with Crippen molar-refractivity contribution < 1.29 is 28.6 Å². The Hall–Kier alpha value is -4.40. The van der Waals surface area contributed by atoms with Gasteiger partial charge in [-0.2, -0.15) is 0 Å². The van der Waals surface area contributed by atoms with Crippen LogP contribution in [0.3, 0.4) is 0 Å². The van der Waals surface area contributed by atoms with Crippen molar-refractivity contribution in [2.45, 2.75) is 85.5 Å². The molecule has 1 heterocycles. The molecule has 4 aromatic rings. The number of nitrogens with one attached hydrogen (secondary N) is 1. The maximum atomic E-state index is 13.0. The van der Waals surface area contributed by atoms with Crippen molar-refractivity contribution in [2.75, 3.05) is 39.6 Å². The Labute approximate surface area is 309 Å². The van der Waals surface area contributed by atoms with Crippen molar-refractivity contribution in [3.8, 4) is 16.9 Å². The zero-order chi connectivity index (χ0) is 37.3. The van der Waals surface area contributed by atoms with E-state index in [1.54, 1.807) is 13.1 Å². The average molecular weight is 709 g/mol. The van der Waals surface area contributed by atoms with Crippen LogP contribution in [-0.4, -0.2) is 62.0 Å². The van der Waals surface area contributed by atoms with Crippen molar-refractivity contribution in [2.24, 2.45) is 5.41 Å². The highest BCUT2D eigenvalue weighted by Gasteiger charge is 2.19. The van der Waals surface area contributed by atoms with Crippen LogP contribution >= 0.6 is 0 Å². The van der Waals surface area contributed by atoms with Crippen molar-refractivity contribution in [3.05, 3.63) is 95.8 Å². The molecule has 278 valence electrons. The molecule has 0 aliphatic carbocycles. The first-order chi connectivity index (χ1) is 25.0. The number of aryl methyl sites for hydroxylation is 2. The lowest BCUT2D eigenvalue weighted by Gasteiger charge is -2.17. The molecule has 0 aliphatic rings. The van der Waals surface area contributed by atoms with E-state index in [4.69, 9.17) is 14.2 Å². The highest BCUT2D eigenvalue weighted by Crippen LogP contribution is 2.35. The van der Waals surface area contributed by atoms with E-state index in [0.29, 0.717) is 32.8 Å². The van der Waals surface area contributed by atoms with Gasteiger partial charge in [-0.1, -0.05) is 75.4 Å². The summed E-state index contributed by atoms with van der Waals surface area (Å²) in [5.74, 6) is 0.326. The number of pyridine rings is 1. The standard InChI is InChI=1S/C44H56N2O6/c1-32-20-22-45-37(28-32)10-6-9-13-43(49)46-31-38(48)30-36(29-33(2)47)34-14-16-35(17-15-34)39-18-19-42(41-12-8-7-11-40(39)41)52-27-26-51-25-24-50-23-21-44(3,4)5/h7-8,11-12,14-20,22,28,36H,6,9-10,13,21,23-27,29-31H2,1-5H3,(H,46,49)/t36-/m0/s1. The molecule has 0 bridgehead atoms. The highest BCUT2D eigenvalue weighted by molar-refractivity contribution is 6.00. The lowest BCUT2D eigenvalue weighted by molar-refractivity contribution is -0.125. The summed E-state index contributed by atoms with van der Waals surface area (Å²) in [6.07, 6.45) is 6.02. The minimum absolute atomic E-state index is 0.0189. The fraction of sp³-hybridized carbons (Fsp3) is 0.455. The van der Waals surface area contributed by atoms with E-state index in [-0.39, 0.29) is 48.2 Å². The molecular weight excluding hydrogens is 652 g/mol. The Morgan fingerprint density at radius 1 is 0.808 bits per heavy atom. The molecule has 0 spiro atoms. The minimum atomic E-state index is -0.262. The molecule has 1 aromatic heterocycles. The van der Waals surface area contributed by atoms with Gasteiger partial charge in [-0.05, 0) is 96.7 Å². The van der Waals surface area contributed by atoms with E-state index in [1.807, 2.05) is 55.5 Å². The molecule has 52 heavy (non-hydrogen) atoms. The zero-order valence-electron chi connectivity index (χ0n) is 31.7. The Kier molecular flexibility index (Phi) is 16.0. The highest BCUT2D eigenvalue weighted by atomic mass is 16.5. The lowest BCUT2D eigenvalue weighted by atomic mass is 9.88. The van der Waals surface area contributed by atoms with E-state index in [9.17, 15) is 14.4 Å². The minimum Gasteiger partial charge on any atom is -0.491 e. The first-order valence-electron chi connectivity index (χ1n) is 18.6. The van der Waals surface area contributed by atoms with Gasteiger partial charge in [0.1, 0.15) is 18.1 Å². The molecule has 0 radical (unpaired) electrons. The van der Waals surface area contributed by atoms with E-state index in [2.05, 4.69) is 55.3 Å². The summed E-state index contributed by atoms with van der Waals surface area (Å²) >= 11 is 0. The van der Waals surface area contributed by atoms with Gasteiger partial charge in [0.15, 0.2) is 5.78 Å². The molecule has 1 atom stereocenters. The van der Waals surface area contributed by atoms with Crippen molar-refractivity contribution >= 4 is 28.2 Å². The smallest absolute Gasteiger partial charge is 0.220 e. The zero-order valence-corrected chi connectivity index (χ0v) is 31.7. The summed E-state index contributed by atoms with van der Waals surface area (Å²) in [5, 5.41) is 4.86. The predicted octanol–water partition coefficient (Wildman–Crippen LogP) is 8.61. The van der Waals surface area contributed by atoms with Gasteiger partial charge >= 0.3 is 0 Å². The lowest BCUT2D eigenvalue weighted by Crippen LogP contribution is -2.30. The Bertz CT molecular complexity index is 1740. The summed E-state index contributed by atoms with van der Waals surface area (Å²) < 4.78 is 17.5. The summed E-state index contributed by atoms with van der Waals surface area (Å²) in [6, 6.07) is 24.3. The number of ether oxygens (including phenoxy) is 3. The fourth-order valence-corrected chi connectivity index (χ4v) is 6.11. The Morgan fingerprint density at radius 3 is 2.23 bits per heavy atom. The number of benzene rings is 3. The molecular formula is C44H56N2O6. The first-order valence-corrected chi connectivity index (χ1v) is 18.6. The maximum absolute atomic E-state index is 13.0. The summed E-state index contributed by atoms with van der Waals surface area (Å²) in [5.41, 5.74) is 5.48. The van der Waals surface area contributed by atoms with Gasteiger partial charge < -0.3 is 24.3 Å². The summed E-state index contributed by atoms with van der Waals surface area (Å²) in [6.45, 7) is 12.9. The number of unbranched alkanes of at least 4 members (excludes halogenated alkanes) is 1. The monoisotopic (exact) mass is 708 g/mol. The molecule has 1 amide bonds. The fourth-order valence-electron chi connectivity index (χ4n) is 6.11. The number of carbonyl (C=O) groups is 3. The van der Waals surface area contributed by atoms with Crippen LogP contribution in [0.5, 0.6) is 5.75 Å². The number of Topliss-reactive ketones (excluding diaryl/α,β-unsaturated/α-hetero) is 2. The van der Waals surface area contributed by atoms with E-state index in [0.717, 1.165) is 71.2 Å². The second-order valence-electron chi connectivity index (χ2n) is 14.8. The van der Waals surface area contributed by atoms with Gasteiger partial charge in [-0.3, -0.25) is 14.6 Å². The molecule has 1 N–H and O–H groups in total. The number of rotatable bonds is 22. The molecule has 0 saturated carbocycles. The molecule has 0 aliphatic heterocycles. The maximum Gasteiger partial charge on any atom is 0.220 e. The van der Waals surface area contributed by atoms with Crippen LogP contribution in [0.15, 0.2) is 79.0 Å². The molecule has 8 nitrogen and oxygen atoms in total. The SMILES string of the molecule is CC(=O)C[C@@H](CC(=O)CNC(=O)CCCCc1cc(C)ccn1)c1ccc(-c2ccc(OCCOCCOCCC(C)(C)C)c3ccccc23)cc1. The number of nitrogens with zero attached hydrogens (tertiary/aromatic N) is 1. The average Bonchev–Trinajstić information content (AvgIpc) is 3.11. The van der Waals surface area contributed by atoms with Crippen LogP contribution in [-0.2, 0) is 30.3 Å². The number of hydrogen-bond acceptors (Lipinski definition) is 7. The number of fused-ring (bicyclic) bond motifs is 1. The molecule has 4 rings (SSSR count).